The molecule has 0 aliphatic heterocycles. The lowest BCUT2D eigenvalue weighted by molar-refractivity contribution is -0.107. The molecule has 108 valence electrons. The monoisotopic (exact) mass is 294 g/mol. The first-order valence-corrected chi connectivity index (χ1v) is 6.88. The molecule has 0 radical (unpaired) electrons. The van der Waals surface area contributed by atoms with Gasteiger partial charge in [-0.2, -0.15) is 0 Å². The smallest absolute Gasteiger partial charge is 0.158 e. The van der Waals surface area contributed by atoms with Crippen molar-refractivity contribution in [2.24, 2.45) is 0 Å². The summed E-state index contributed by atoms with van der Waals surface area (Å²) in [5.41, 5.74) is 1.91. The average molecular weight is 295 g/mol. The van der Waals surface area contributed by atoms with Crippen LogP contribution in [-0.4, -0.2) is 31.5 Å². The summed E-state index contributed by atoms with van der Waals surface area (Å²) in [5.74, 6) is 0. The first-order valence-electron chi connectivity index (χ1n) is 6.50. The molecule has 0 amide bonds. The van der Waals surface area contributed by atoms with Gasteiger partial charge in [-0.3, -0.25) is 4.98 Å². The molecule has 4 nitrogen and oxygen atoms in total. The Morgan fingerprint density at radius 1 is 1.25 bits per heavy atom. The van der Waals surface area contributed by atoms with Crippen LogP contribution in [0.1, 0.15) is 13.3 Å². The molecule has 5 heteroatoms. The fourth-order valence-electron chi connectivity index (χ4n) is 2.15. The highest BCUT2D eigenvalue weighted by atomic mass is 35.5. The second-order valence-corrected chi connectivity index (χ2v) is 5.14. The number of anilines is 1. The highest BCUT2D eigenvalue weighted by Gasteiger charge is 2.12. The van der Waals surface area contributed by atoms with E-state index in [0.717, 1.165) is 23.0 Å². The van der Waals surface area contributed by atoms with Crippen LogP contribution in [0.15, 0.2) is 30.5 Å². The van der Waals surface area contributed by atoms with Crippen LogP contribution in [0.2, 0.25) is 5.02 Å². The highest BCUT2D eigenvalue weighted by molar-refractivity contribution is 6.31. The molecule has 0 aliphatic carbocycles. The van der Waals surface area contributed by atoms with Crippen LogP contribution in [0, 0.1) is 0 Å². The molecule has 0 saturated carbocycles. The van der Waals surface area contributed by atoms with Crippen molar-refractivity contribution in [2.75, 3.05) is 19.5 Å². The van der Waals surface area contributed by atoms with Gasteiger partial charge in [-0.1, -0.05) is 11.6 Å². The summed E-state index contributed by atoms with van der Waals surface area (Å²) in [7, 11) is 3.29. The summed E-state index contributed by atoms with van der Waals surface area (Å²) in [5, 5.41) is 5.20. The predicted octanol–water partition coefficient (Wildman–Crippen LogP) is 3.70. The van der Waals surface area contributed by atoms with Crippen LogP contribution < -0.4 is 5.32 Å². The summed E-state index contributed by atoms with van der Waals surface area (Å²) in [6, 6.07) is 7.88. The second kappa shape index (κ2) is 6.88. The lowest BCUT2D eigenvalue weighted by Crippen LogP contribution is -2.25. The Labute approximate surface area is 124 Å². The first kappa shape index (κ1) is 15.0. The summed E-state index contributed by atoms with van der Waals surface area (Å²) in [4.78, 5) is 4.33. The maximum Gasteiger partial charge on any atom is 0.158 e. The SMILES string of the molecule is COC(C[C@H](C)Nc1ccnc2cc(Cl)ccc12)OC. The van der Waals surface area contributed by atoms with Gasteiger partial charge in [0.1, 0.15) is 0 Å². The van der Waals surface area contributed by atoms with Crippen molar-refractivity contribution in [1.29, 1.82) is 0 Å². The van der Waals surface area contributed by atoms with Crippen LogP contribution in [-0.2, 0) is 9.47 Å². The van der Waals surface area contributed by atoms with Gasteiger partial charge in [-0.25, -0.2) is 0 Å². The Morgan fingerprint density at radius 3 is 2.70 bits per heavy atom. The number of fused-ring (bicyclic) bond motifs is 1. The molecular formula is C15H19ClN2O2. The number of methoxy groups -OCH3 is 2. The molecule has 2 rings (SSSR count). The van der Waals surface area contributed by atoms with E-state index in [2.05, 4.69) is 17.2 Å². The molecule has 0 spiro atoms. The van der Waals surface area contributed by atoms with E-state index >= 15 is 0 Å². The van der Waals surface area contributed by atoms with E-state index in [1.54, 1.807) is 20.4 Å². The number of halogens is 1. The molecule has 1 N–H and O–H groups in total. The Hall–Kier alpha value is -1.36. The molecule has 1 heterocycles. The standard InChI is InChI=1S/C15H19ClN2O2/c1-10(8-15(19-2)20-3)18-13-6-7-17-14-9-11(16)4-5-12(13)14/h4-7,9-10,15H,8H2,1-3H3,(H,17,18)/t10-/m0/s1. The van der Waals surface area contributed by atoms with Gasteiger partial charge in [-0.05, 0) is 31.2 Å². The van der Waals surface area contributed by atoms with Gasteiger partial charge in [0.25, 0.3) is 0 Å². The van der Waals surface area contributed by atoms with Gasteiger partial charge in [0, 0.05) is 49.0 Å². The summed E-state index contributed by atoms with van der Waals surface area (Å²) < 4.78 is 10.4. The molecule has 0 aliphatic rings. The molecule has 0 bridgehead atoms. The quantitative estimate of drug-likeness (QED) is 0.825. The topological polar surface area (TPSA) is 43.4 Å². The van der Waals surface area contributed by atoms with E-state index in [1.807, 2.05) is 24.3 Å². The number of hydrogen-bond acceptors (Lipinski definition) is 4. The number of rotatable bonds is 6. The number of benzene rings is 1. The molecule has 1 aromatic carbocycles. The molecule has 1 atom stereocenters. The largest absolute Gasteiger partial charge is 0.382 e. The van der Waals surface area contributed by atoms with Crippen molar-refractivity contribution in [2.45, 2.75) is 25.7 Å². The summed E-state index contributed by atoms with van der Waals surface area (Å²) in [6.07, 6.45) is 2.32. The average Bonchev–Trinajstić information content (AvgIpc) is 2.44. The lowest BCUT2D eigenvalue weighted by atomic mass is 10.1. The predicted molar refractivity (Wildman–Crippen MR) is 82.3 cm³/mol. The van der Waals surface area contributed by atoms with Crippen molar-refractivity contribution in [1.82, 2.24) is 4.98 Å². The van der Waals surface area contributed by atoms with Crippen molar-refractivity contribution in [3.05, 3.63) is 35.5 Å². The summed E-state index contributed by atoms with van der Waals surface area (Å²) in [6.45, 7) is 2.09. The van der Waals surface area contributed by atoms with E-state index in [0.29, 0.717) is 5.02 Å². The van der Waals surface area contributed by atoms with Crippen molar-refractivity contribution in [3.8, 4) is 0 Å². The highest BCUT2D eigenvalue weighted by Crippen LogP contribution is 2.25. The zero-order chi connectivity index (χ0) is 14.5. The number of hydrogen-bond donors (Lipinski definition) is 1. The molecule has 0 saturated heterocycles. The van der Waals surface area contributed by atoms with Crippen LogP contribution in [0.25, 0.3) is 10.9 Å². The maximum absolute atomic E-state index is 5.99. The second-order valence-electron chi connectivity index (χ2n) is 4.70. The molecule has 0 fully saturated rings. The minimum absolute atomic E-state index is 0.208. The number of nitrogens with zero attached hydrogens (tertiary/aromatic N) is 1. The Bertz CT molecular complexity index is 573. The van der Waals surface area contributed by atoms with Gasteiger partial charge < -0.3 is 14.8 Å². The van der Waals surface area contributed by atoms with Gasteiger partial charge >= 0.3 is 0 Å². The number of pyridine rings is 1. The summed E-state index contributed by atoms with van der Waals surface area (Å²) >= 11 is 5.99. The zero-order valence-corrected chi connectivity index (χ0v) is 12.6. The molecule has 0 unspecified atom stereocenters. The Morgan fingerprint density at radius 2 is 2.00 bits per heavy atom. The number of ether oxygens (including phenoxy) is 2. The maximum atomic E-state index is 5.99. The minimum Gasteiger partial charge on any atom is -0.382 e. The molecule has 1 aromatic heterocycles. The van der Waals surface area contributed by atoms with E-state index in [9.17, 15) is 0 Å². The van der Waals surface area contributed by atoms with Crippen LogP contribution >= 0.6 is 11.6 Å². The number of aromatic nitrogens is 1. The zero-order valence-electron chi connectivity index (χ0n) is 11.9. The third kappa shape index (κ3) is 3.60. The van der Waals surface area contributed by atoms with Gasteiger partial charge in [0.05, 0.1) is 5.52 Å². The fourth-order valence-corrected chi connectivity index (χ4v) is 2.32. The minimum atomic E-state index is -0.208. The van der Waals surface area contributed by atoms with Crippen molar-refractivity contribution in [3.63, 3.8) is 0 Å². The van der Waals surface area contributed by atoms with Crippen LogP contribution in [0.3, 0.4) is 0 Å². The third-order valence-corrected chi connectivity index (χ3v) is 3.41. The normalized spacial score (nSPS) is 12.8. The fraction of sp³-hybridized carbons (Fsp3) is 0.400. The van der Waals surface area contributed by atoms with Crippen molar-refractivity contribution >= 4 is 28.2 Å². The van der Waals surface area contributed by atoms with Crippen LogP contribution in [0.4, 0.5) is 5.69 Å². The molecule has 20 heavy (non-hydrogen) atoms. The van der Waals surface area contributed by atoms with Gasteiger partial charge in [0.2, 0.25) is 0 Å². The van der Waals surface area contributed by atoms with E-state index in [-0.39, 0.29) is 12.3 Å². The van der Waals surface area contributed by atoms with E-state index in [1.165, 1.54) is 0 Å². The number of nitrogens with one attached hydrogen (secondary N) is 1. The third-order valence-electron chi connectivity index (χ3n) is 3.18. The van der Waals surface area contributed by atoms with E-state index in [4.69, 9.17) is 21.1 Å². The Balaban J connectivity index is 2.17. The first-order chi connectivity index (χ1) is 9.63. The van der Waals surface area contributed by atoms with Crippen LogP contribution in [0.5, 0.6) is 0 Å². The van der Waals surface area contributed by atoms with Gasteiger partial charge in [-0.15, -0.1) is 0 Å². The molecular weight excluding hydrogens is 276 g/mol. The lowest BCUT2D eigenvalue weighted by Gasteiger charge is -2.21. The molecule has 2 aromatic rings. The van der Waals surface area contributed by atoms with E-state index < -0.39 is 0 Å². The Kier molecular flexibility index (Phi) is 5.17. The van der Waals surface area contributed by atoms with Gasteiger partial charge in [0.15, 0.2) is 6.29 Å². The van der Waals surface area contributed by atoms with Crippen molar-refractivity contribution < 1.29 is 9.47 Å².